The van der Waals surface area contributed by atoms with Gasteiger partial charge in [0, 0.05) is 25.3 Å². The summed E-state index contributed by atoms with van der Waals surface area (Å²) in [6, 6.07) is 2.52. The lowest BCUT2D eigenvalue weighted by atomic mass is 9.95. The van der Waals surface area contributed by atoms with Crippen molar-refractivity contribution in [1.82, 2.24) is 9.78 Å². The van der Waals surface area contributed by atoms with Crippen LogP contribution < -0.4 is 5.73 Å². The molecule has 0 aliphatic carbocycles. The highest BCUT2D eigenvalue weighted by atomic mass is 16.5. The molecule has 4 nitrogen and oxygen atoms in total. The first-order chi connectivity index (χ1) is 8.94. The van der Waals surface area contributed by atoms with Crippen molar-refractivity contribution in [1.29, 1.82) is 0 Å². The van der Waals surface area contributed by atoms with Crippen LogP contribution in [0.5, 0.6) is 0 Å². The van der Waals surface area contributed by atoms with Gasteiger partial charge in [0.1, 0.15) is 0 Å². The Balaban J connectivity index is 2.68. The number of nitrogens with two attached hydrogens (primary N) is 1. The fraction of sp³-hybridized carbons (Fsp3) is 0.800. The highest BCUT2D eigenvalue weighted by Gasteiger charge is 2.27. The van der Waals surface area contributed by atoms with Gasteiger partial charge in [0.2, 0.25) is 0 Å². The molecule has 0 saturated heterocycles. The zero-order chi connectivity index (χ0) is 14.5. The molecule has 0 spiro atoms. The van der Waals surface area contributed by atoms with Crippen molar-refractivity contribution in [3.8, 4) is 0 Å². The summed E-state index contributed by atoms with van der Waals surface area (Å²) in [5.41, 5.74) is 6.98. The van der Waals surface area contributed by atoms with Crippen molar-refractivity contribution in [3.63, 3.8) is 0 Å². The van der Waals surface area contributed by atoms with E-state index < -0.39 is 0 Å². The van der Waals surface area contributed by atoms with E-state index in [1.54, 1.807) is 0 Å². The van der Waals surface area contributed by atoms with E-state index in [2.05, 4.69) is 35.9 Å². The minimum atomic E-state index is -0.312. The summed E-state index contributed by atoms with van der Waals surface area (Å²) in [6.07, 6.45) is 5.02. The molecule has 4 heteroatoms. The van der Waals surface area contributed by atoms with Crippen LogP contribution in [0.25, 0.3) is 0 Å². The molecule has 0 amide bonds. The van der Waals surface area contributed by atoms with Gasteiger partial charge in [-0.25, -0.2) is 0 Å². The molecule has 1 unspecified atom stereocenters. The van der Waals surface area contributed by atoms with Crippen LogP contribution in [-0.2, 0) is 11.2 Å². The van der Waals surface area contributed by atoms with Gasteiger partial charge in [0.15, 0.2) is 0 Å². The number of nitrogens with zero attached hydrogens (tertiary/aromatic N) is 2. The molecule has 19 heavy (non-hydrogen) atoms. The topological polar surface area (TPSA) is 53.1 Å². The summed E-state index contributed by atoms with van der Waals surface area (Å²) >= 11 is 0. The summed E-state index contributed by atoms with van der Waals surface area (Å²) in [4.78, 5) is 0. The predicted molar refractivity (Wildman–Crippen MR) is 79.2 cm³/mol. The smallest absolute Gasteiger partial charge is 0.0780 e. The summed E-state index contributed by atoms with van der Waals surface area (Å²) in [6.45, 7) is 11.1. The van der Waals surface area contributed by atoms with Crippen LogP contribution in [0.2, 0.25) is 0 Å². The minimum absolute atomic E-state index is 0.0440. The van der Waals surface area contributed by atoms with E-state index in [0.29, 0.717) is 12.6 Å². The second kappa shape index (κ2) is 7.06. The van der Waals surface area contributed by atoms with Crippen LogP contribution in [0, 0.1) is 0 Å². The van der Waals surface area contributed by atoms with Crippen molar-refractivity contribution in [2.24, 2.45) is 5.73 Å². The van der Waals surface area contributed by atoms with Crippen molar-refractivity contribution in [3.05, 3.63) is 18.0 Å². The molecule has 0 saturated carbocycles. The highest BCUT2D eigenvalue weighted by molar-refractivity contribution is 5.04. The summed E-state index contributed by atoms with van der Waals surface area (Å²) in [7, 11) is 0. The fourth-order valence-electron chi connectivity index (χ4n) is 2.30. The summed E-state index contributed by atoms with van der Waals surface area (Å²) in [5.74, 6) is 0. The molecular formula is C15H29N3O. The Hall–Kier alpha value is -0.870. The van der Waals surface area contributed by atoms with Gasteiger partial charge >= 0.3 is 0 Å². The fourth-order valence-corrected chi connectivity index (χ4v) is 2.30. The number of hydrogen-bond donors (Lipinski definition) is 1. The highest BCUT2D eigenvalue weighted by Crippen LogP contribution is 2.18. The second-order valence-corrected chi connectivity index (χ2v) is 5.60. The second-order valence-electron chi connectivity index (χ2n) is 5.60. The maximum Gasteiger partial charge on any atom is 0.0780 e. The normalized spacial score (nSPS) is 14.1. The molecule has 0 fully saturated rings. The molecule has 1 aromatic rings. The third-order valence-corrected chi connectivity index (χ3v) is 3.82. The van der Waals surface area contributed by atoms with Gasteiger partial charge < -0.3 is 10.5 Å². The molecule has 110 valence electrons. The average Bonchev–Trinajstić information content (AvgIpc) is 2.79. The number of ether oxygens (including phenoxy) is 1. The molecule has 0 radical (unpaired) electrons. The zero-order valence-corrected chi connectivity index (χ0v) is 13.0. The summed E-state index contributed by atoms with van der Waals surface area (Å²) < 4.78 is 7.77. The average molecular weight is 267 g/mol. The first-order valence-electron chi connectivity index (χ1n) is 7.38. The molecule has 0 aliphatic rings. The Kier molecular flexibility index (Phi) is 6.01. The number of aromatic nitrogens is 2. The zero-order valence-electron chi connectivity index (χ0n) is 13.0. The van der Waals surface area contributed by atoms with E-state index >= 15 is 0 Å². The quantitative estimate of drug-likeness (QED) is 0.788. The van der Waals surface area contributed by atoms with E-state index in [0.717, 1.165) is 25.0 Å². The van der Waals surface area contributed by atoms with Crippen LogP contribution in [0.15, 0.2) is 12.3 Å². The SMILES string of the molecule is CCOC(C)(C)C(N)Cc1ccn(C(CC)CC)n1. The lowest BCUT2D eigenvalue weighted by Crippen LogP contribution is -2.46. The van der Waals surface area contributed by atoms with Crippen LogP contribution >= 0.6 is 0 Å². The van der Waals surface area contributed by atoms with Gasteiger partial charge in [0.05, 0.1) is 17.3 Å². The molecule has 0 aliphatic heterocycles. The van der Waals surface area contributed by atoms with Crippen LogP contribution in [0.3, 0.4) is 0 Å². The Labute approximate surface area is 117 Å². The number of rotatable bonds is 8. The van der Waals surface area contributed by atoms with E-state index in [4.69, 9.17) is 10.5 Å². The van der Waals surface area contributed by atoms with Crippen molar-refractivity contribution >= 4 is 0 Å². The van der Waals surface area contributed by atoms with Gasteiger partial charge in [-0.3, -0.25) is 4.68 Å². The van der Waals surface area contributed by atoms with E-state index in [1.807, 2.05) is 20.8 Å². The molecule has 2 N–H and O–H groups in total. The van der Waals surface area contributed by atoms with Gasteiger partial charge in [-0.2, -0.15) is 5.10 Å². The van der Waals surface area contributed by atoms with Gasteiger partial charge in [-0.1, -0.05) is 13.8 Å². The monoisotopic (exact) mass is 267 g/mol. The van der Waals surface area contributed by atoms with Gasteiger partial charge in [-0.05, 0) is 39.7 Å². The molecule has 1 atom stereocenters. The Morgan fingerprint density at radius 1 is 1.32 bits per heavy atom. The Bertz CT molecular complexity index is 369. The van der Waals surface area contributed by atoms with Crippen molar-refractivity contribution in [2.45, 2.75) is 71.6 Å². The first kappa shape index (κ1) is 16.2. The van der Waals surface area contributed by atoms with Crippen molar-refractivity contribution in [2.75, 3.05) is 6.61 Å². The molecule has 1 rings (SSSR count). The predicted octanol–water partition coefficient (Wildman–Crippen LogP) is 2.93. The van der Waals surface area contributed by atoms with Crippen LogP contribution in [-0.4, -0.2) is 28.0 Å². The minimum Gasteiger partial charge on any atom is -0.374 e. The molecule has 0 aromatic carbocycles. The molecule has 1 aromatic heterocycles. The molecular weight excluding hydrogens is 238 g/mol. The Morgan fingerprint density at radius 2 is 1.95 bits per heavy atom. The van der Waals surface area contributed by atoms with Gasteiger partial charge in [0.25, 0.3) is 0 Å². The van der Waals surface area contributed by atoms with E-state index in [1.165, 1.54) is 0 Å². The van der Waals surface area contributed by atoms with Crippen LogP contribution in [0.1, 0.15) is 59.2 Å². The lowest BCUT2D eigenvalue weighted by molar-refractivity contribution is -0.0290. The van der Waals surface area contributed by atoms with E-state index in [-0.39, 0.29) is 11.6 Å². The largest absolute Gasteiger partial charge is 0.374 e. The molecule has 0 bridgehead atoms. The first-order valence-corrected chi connectivity index (χ1v) is 7.38. The maximum atomic E-state index is 6.25. The third-order valence-electron chi connectivity index (χ3n) is 3.82. The third kappa shape index (κ3) is 4.32. The van der Waals surface area contributed by atoms with E-state index in [9.17, 15) is 0 Å². The Morgan fingerprint density at radius 3 is 2.47 bits per heavy atom. The maximum absolute atomic E-state index is 6.25. The van der Waals surface area contributed by atoms with Gasteiger partial charge in [-0.15, -0.1) is 0 Å². The lowest BCUT2D eigenvalue weighted by Gasteiger charge is -2.31. The summed E-state index contributed by atoms with van der Waals surface area (Å²) in [5, 5.41) is 4.65. The molecule has 1 heterocycles. The number of hydrogen-bond acceptors (Lipinski definition) is 3. The standard InChI is InChI=1S/C15H29N3O/c1-6-13(7-2)18-10-9-12(17-18)11-14(16)15(4,5)19-8-3/h9-10,13-14H,6-8,11,16H2,1-5H3. The van der Waals surface area contributed by atoms with Crippen molar-refractivity contribution < 1.29 is 4.74 Å². The van der Waals surface area contributed by atoms with Crippen LogP contribution in [0.4, 0.5) is 0 Å².